The third kappa shape index (κ3) is 2.15. The minimum atomic E-state index is -0.385. The average molecular weight is 258 g/mol. The van der Waals surface area contributed by atoms with Crippen LogP contribution in [-0.2, 0) is 16.1 Å². The molecule has 1 saturated heterocycles. The zero-order chi connectivity index (χ0) is 13.3. The number of pyridine rings is 1. The van der Waals surface area contributed by atoms with Crippen molar-refractivity contribution in [2.75, 3.05) is 0 Å². The van der Waals surface area contributed by atoms with Gasteiger partial charge in [0, 0.05) is 12.6 Å². The summed E-state index contributed by atoms with van der Waals surface area (Å²) in [7, 11) is 0. The number of carbonyl (C=O) groups is 2. The number of carbonyl (C=O) groups excluding carboxylic acids is 2. The van der Waals surface area contributed by atoms with E-state index in [1.165, 1.54) is 11.3 Å². The summed E-state index contributed by atoms with van der Waals surface area (Å²) in [5.74, 6) is 0.000376. The van der Waals surface area contributed by atoms with Gasteiger partial charge in [-0.25, -0.2) is 0 Å². The van der Waals surface area contributed by atoms with Crippen LogP contribution in [0.2, 0.25) is 0 Å². The number of hydrogen-bond donors (Lipinski definition) is 0. The van der Waals surface area contributed by atoms with Gasteiger partial charge in [0.15, 0.2) is 0 Å². The first-order valence-corrected chi connectivity index (χ1v) is 6.96. The highest BCUT2D eigenvalue weighted by Crippen LogP contribution is 2.45. The normalized spacial score (nSPS) is 22.2. The van der Waals surface area contributed by atoms with Crippen molar-refractivity contribution in [3.63, 3.8) is 0 Å². The summed E-state index contributed by atoms with van der Waals surface area (Å²) in [6.07, 6.45) is 7.15. The number of amides is 2. The Bertz CT molecular complexity index is 492. The van der Waals surface area contributed by atoms with Gasteiger partial charge in [-0.1, -0.05) is 25.3 Å². The number of aromatic nitrogens is 1. The molecule has 0 radical (unpaired) electrons. The standard InChI is InChI=1S/C15H18N2O2/c18-13-10-15(7-3-1-4-8-15)14(19)17(13)11-12-6-2-5-9-16-12/h2,5-6,9H,1,3-4,7-8,10-11H2. The molecule has 1 saturated carbocycles. The molecule has 100 valence electrons. The van der Waals surface area contributed by atoms with E-state index in [0.29, 0.717) is 13.0 Å². The Balaban J connectivity index is 1.79. The predicted molar refractivity (Wildman–Crippen MR) is 69.9 cm³/mol. The van der Waals surface area contributed by atoms with E-state index in [-0.39, 0.29) is 17.2 Å². The second-order valence-corrected chi connectivity index (χ2v) is 5.62. The van der Waals surface area contributed by atoms with Crippen LogP contribution in [-0.4, -0.2) is 21.7 Å². The number of likely N-dealkylation sites (tertiary alicyclic amines) is 1. The van der Waals surface area contributed by atoms with Crippen LogP contribution in [0.4, 0.5) is 0 Å². The molecule has 2 fully saturated rings. The summed E-state index contributed by atoms with van der Waals surface area (Å²) >= 11 is 0. The van der Waals surface area contributed by atoms with Crippen molar-refractivity contribution in [1.29, 1.82) is 0 Å². The summed E-state index contributed by atoms with van der Waals surface area (Å²) in [5, 5.41) is 0. The van der Waals surface area contributed by atoms with Crippen LogP contribution < -0.4 is 0 Å². The molecule has 0 N–H and O–H groups in total. The summed E-state index contributed by atoms with van der Waals surface area (Å²) in [5.41, 5.74) is 0.390. The van der Waals surface area contributed by atoms with Crippen LogP contribution in [0.5, 0.6) is 0 Å². The van der Waals surface area contributed by atoms with Gasteiger partial charge in [-0.3, -0.25) is 19.5 Å². The molecule has 2 amide bonds. The smallest absolute Gasteiger partial charge is 0.236 e. The third-order valence-corrected chi connectivity index (χ3v) is 4.35. The van der Waals surface area contributed by atoms with E-state index in [9.17, 15) is 9.59 Å². The van der Waals surface area contributed by atoms with Gasteiger partial charge < -0.3 is 0 Å². The van der Waals surface area contributed by atoms with Crippen LogP contribution in [0.1, 0.15) is 44.2 Å². The van der Waals surface area contributed by atoms with Crippen molar-refractivity contribution in [1.82, 2.24) is 9.88 Å². The second kappa shape index (κ2) is 4.76. The number of nitrogens with zero attached hydrogens (tertiary/aromatic N) is 2. The summed E-state index contributed by atoms with van der Waals surface area (Å²) < 4.78 is 0. The fourth-order valence-corrected chi connectivity index (χ4v) is 3.29. The molecule has 1 aliphatic heterocycles. The van der Waals surface area contributed by atoms with Gasteiger partial charge in [0.05, 0.1) is 17.7 Å². The summed E-state index contributed by atoms with van der Waals surface area (Å²) in [6.45, 7) is 0.320. The topological polar surface area (TPSA) is 50.3 Å². The van der Waals surface area contributed by atoms with Crippen LogP contribution in [0, 0.1) is 5.41 Å². The van der Waals surface area contributed by atoms with Gasteiger partial charge in [-0.2, -0.15) is 0 Å². The van der Waals surface area contributed by atoms with E-state index < -0.39 is 0 Å². The van der Waals surface area contributed by atoms with Crippen LogP contribution >= 0.6 is 0 Å². The molecule has 1 aromatic rings. The SMILES string of the molecule is O=C1CC2(CCCCC2)C(=O)N1Cc1ccccn1. The fourth-order valence-electron chi connectivity index (χ4n) is 3.29. The maximum atomic E-state index is 12.6. The first-order chi connectivity index (χ1) is 9.21. The maximum absolute atomic E-state index is 12.6. The zero-order valence-corrected chi connectivity index (χ0v) is 11.0. The molecular weight excluding hydrogens is 240 g/mol. The van der Waals surface area contributed by atoms with Crippen molar-refractivity contribution in [3.8, 4) is 0 Å². The monoisotopic (exact) mass is 258 g/mol. The van der Waals surface area contributed by atoms with Gasteiger partial charge >= 0.3 is 0 Å². The Hall–Kier alpha value is -1.71. The first-order valence-electron chi connectivity index (χ1n) is 6.96. The Kier molecular flexibility index (Phi) is 3.09. The van der Waals surface area contributed by atoms with Crippen LogP contribution in [0.25, 0.3) is 0 Å². The largest absolute Gasteiger partial charge is 0.276 e. The lowest BCUT2D eigenvalue weighted by Gasteiger charge is -2.30. The van der Waals surface area contributed by atoms with E-state index in [4.69, 9.17) is 0 Å². The van der Waals surface area contributed by atoms with Gasteiger partial charge in [0.2, 0.25) is 11.8 Å². The van der Waals surface area contributed by atoms with Crippen LogP contribution in [0.3, 0.4) is 0 Å². The maximum Gasteiger partial charge on any atom is 0.236 e. The Morgan fingerprint density at radius 1 is 1.16 bits per heavy atom. The quantitative estimate of drug-likeness (QED) is 0.765. The molecule has 0 unspecified atom stereocenters. The van der Waals surface area contributed by atoms with Crippen molar-refractivity contribution < 1.29 is 9.59 Å². The second-order valence-electron chi connectivity index (χ2n) is 5.62. The van der Waals surface area contributed by atoms with E-state index in [2.05, 4.69) is 4.98 Å². The minimum absolute atomic E-state index is 0.0300. The van der Waals surface area contributed by atoms with E-state index >= 15 is 0 Å². The molecule has 0 aromatic carbocycles. The Morgan fingerprint density at radius 3 is 2.63 bits per heavy atom. The molecule has 2 aliphatic rings. The lowest BCUT2D eigenvalue weighted by Crippen LogP contribution is -2.36. The molecule has 4 heteroatoms. The van der Waals surface area contributed by atoms with Gasteiger partial charge in [-0.05, 0) is 25.0 Å². The van der Waals surface area contributed by atoms with E-state index in [1.54, 1.807) is 6.20 Å². The van der Waals surface area contributed by atoms with Gasteiger partial charge in [0.1, 0.15) is 0 Å². The molecule has 19 heavy (non-hydrogen) atoms. The zero-order valence-electron chi connectivity index (χ0n) is 11.0. The highest BCUT2D eigenvalue weighted by molar-refractivity contribution is 6.05. The predicted octanol–water partition coefficient (Wildman–Crippen LogP) is 2.29. The lowest BCUT2D eigenvalue weighted by atomic mass is 9.73. The highest BCUT2D eigenvalue weighted by atomic mass is 16.2. The summed E-state index contributed by atoms with van der Waals surface area (Å²) in [4.78, 5) is 30.3. The molecule has 1 aromatic heterocycles. The highest BCUT2D eigenvalue weighted by Gasteiger charge is 2.51. The number of rotatable bonds is 2. The Morgan fingerprint density at radius 2 is 1.95 bits per heavy atom. The fraction of sp³-hybridized carbons (Fsp3) is 0.533. The Labute approximate surface area is 112 Å². The lowest BCUT2D eigenvalue weighted by molar-refractivity contribution is -0.143. The summed E-state index contributed by atoms with van der Waals surface area (Å²) in [6, 6.07) is 5.57. The van der Waals surface area contributed by atoms with Crippen molar-refractivity contribution in [3.05, 3.63) is 30.1 Å². The third-order valence-electron chi connectivity index (χ3n) is 4.35. The number of hydrogen-bond acceptors (Lipinski definition) is 3. The molecule has 0 bridgehead atoms. The first kappa shape index (κ1) is 12.3. The molecule has 3 rings (SSSR count). The van der Waals surface area contributed by atoms with E-state index in [1.807, 2.05) is 18.2 Å². The van der Waals surface area contributed by atoms with Crippen molar-refractivity contribution >= 4 is 11.8 Å². The van der Waals surface area contributed by atoms with Gasteiger partial charge in [-0.15, -0.1) is 0 Å². The van der Waals surface area contributed by atoms with Crippen molar-refractivity contribution in [2.45, 2.75) is 45.1 Å². The van der Waals surface area contributed by atoms with Crippen molar-refractivity contribution in [2.24, 2.45) is 5.41 Å². The molecule has 1 aliphatic carbocycles. The minimum Gasteiger partial charge on any atom is -0.276 e. The van der Waals surface area contributed by atoms with Crippen LogP contribution in [0.15, 0.2) is 24.4 Å². The molecule has 2 heterocycles. The van der Waals surface area contributed by atoms with Gasteiger partial charge in [0.25, 0.3) is 0 Å². The number of imide groups is 1. The van der Waals surface area contributed by atoms with E-state index in [0.717, 1.165) is 31.4 Å². The molecule has 1 spiro atoms. The average Bonchev–Trinajstić information content (AvgIpc) is 2.66. The molecular formula is C15H18N2O2. The molecule has 4 nitrogen and oxygen atoms in total. The molecule has 0 atom stereocenters.